The molecule has 0 spiro atoms. The smallest absolute Gasteiger partial charge is 0.261 e. The number of para-hydroxylation sites is 1. The molecule has 0 aliphatic carbocycles. The molecule has 1 atom stereocenters. The molecule has 7 nitrogen and oxygen atoms in total. The van der Waals surface area contributed by atoms with Crippen molar-refractivity contribution in [1.82, 2.24) is 9.80 Å². The van der Waals surface area contributed by atoms with E-state index in [9.17, 15) is 19.2 Å². The van der Waals surface area contributed by atoms with Gasteiger partial charge in [-0.15, -0.1) is 11.8 Å². The van der Waals surface area contributed by atoms with Crippen molar-refractivity contribution < 1.29 is 19.2 Å². The van der Waals surface area contributed by atoms with Gasteiger partial charge in [0.05, 0.1) is 17.0 Å². The normalized spacial score (nSPS) is 19.7. The van der Waals surface area contributed by atoms with Gasteiger partial charge in [-0.25, -0.2) is 0 Å². The van der Waals surface area contributed by atoms with Crippen LogP contribution < -0.4 is 4.90 Å². The van der Waals surface area contributed by atoms with Crippen LogP contribution in [0.3, 0.4) is 0 Å². The Labute approximate surface area is 184 Å². The Balaban J connectivity index is 1.35. The molecular weight excluding hydrogens is 414 g/mol. The van der Waals surface area contributed by atoms with Crippen molar-refractivity contribution in [2.45, 2.75) is 18.9 Å². The number of rotatable bonds is 4. The third-order valence-electron chi connectivity index (χ3n) is 6.02. The van der Waals surface area contributed by atoms with Crippen molar-refractivity contribution in [2.24, 2.45) is 0 Å². The molecule has 0 N–H and O–H groups in total. The lowest BCUT2D eigenvalue weighted by molar-refractivity contribution is -0.133. The number of benzene rings is 2. The predicted molar refractivity (Wildman–Crippen MR) is 117 cm³/mol. The number of carbonyl (C=O) groups is 4. The summed E-state index contributed by atoms with van der Waals surface area (Å²) in [5.41, 5.74) is 2.43. The third-order valence-corrected chi connectivity index (χ3v) is 6.99. The molecular formula is C23H21N3O4S. The molecule has 3 aliphatic rings. The number of fused-ring (bicyclic) bond motifs is 2. The van der Waals surface area contributed by atoms with Gasteiger partial charge >= 0.3 is 0 Å². The van der Waals surface area contributed by atoms with Crippen LogP contribution >= 0.6 is 11.8 Å². The van der Waals surface area contributed by atoms with Crippen molar-refractivity contribution in [1.29, 1.82) is 0 Å². The van der Waals surface area contributed by atoms with E-state index >= 15 is 0 Å². The average molecular weight is 436 g/mol. The maximum absolute atomic E-state index is 13.3. The lowest BCUT2D eigenvalue weighted by atomic mass is 10.1. The molecule has 0 radical (unpaired) electrons. The summed E-state index contributed by atoms with van der Waals surface area (Å²) in [6.45, 7) is 0.678. The van der Waals surface area contributed by atoms with Gasteiger partial charge in [0, 0.05) is 37.4 Å². The maximum atomic E-state index is 13.3. The van der Waals surface area contributed by atoms with E-state index in [4.69, 9.17) is 0 Å². The van der Waals surface area contributed by atoms with Crippen molar-refractivity contribution in [3.63, 3.8) is 0 Å². The van der Waals surface area contributed by atoms with Gasteiger partial charge in [0.2, 0.25) is 11.8 Å². The van der Waals surface area contributed by atoms with Gasteiger partial charge in [-0.2, -0.15) is 0 Å². The molecule has 5 rings (SSSR count). The molecule has 0 bridgehead atoms. The summed E-state index contributed by atoms with van der Waals surface area (Å²) in [5, 5.41) is 0. The third kappa shape index (κ3) is 3.31. The monoisotopic (exact) mass is 435 g/mol. The highest BCUT2D eigenvalue weighted by molar-refractivity contribution is 7.99. The molecule has 0 aromatic heterocycles. The second kappa shape index (κ2) is 7.85. The largest absolute Gasteiger partial charge is 0.331 e. The van der Waals surface area contributed by atoms with Crippen LogP contribution in [0.1, 0.15) is 32.7 Å². The molecule has 0 saturated carbocycles. The van der Waals surface area contributed by atoms with Gasteiger partial charge < -0.3 is 4.90 Å². The first kappa shape index (κ1) is 19.8. The molecule has 1 unspecified atom stereocenters. The molecule has 3 heterocycles. The summed E-state index contributed by atoms with van der Waals surface area (Å²) in [6.07, 6.45) is 0.452. The summed E-state index contributed by atoms with van der Waals surface area (Å²) in [6, 6.07) is 13.6. The molecule has 31 heavy (non-hydrogen) atoms. The fraction of sp³-hybridized carbons (Fsp3) is 0.304. The van der Waals surface area contributed by atoms with Gasteiger partial charge in [-0.05, 0) is 23.8 Å². The number of imide groups is 1. The zero-order valence-electron chi connectivity index (χ0n) is 16.8. The Morgan fingerprint density at radius 2 is 1.65 bits per heavy atom. The summed E-state index contributed by atoms with van der Waals surface area (Å²) in [4.78, 5) is 56.1. The molecule has 1 fully saturated rings. The zero-order valence-corrected chi connectivity index (χ0v) is 17.6. The first-order valence-corrected chi connectivity index (χ1v) is 11.4. The minimum Gasteiger partial charge on any atom is -0.331 e. The van der Waals surface area contributed by atoms with Crippen LogP contribution in [0.4, 0.5) is 5.69 Å². The predicted octanol–water partition coefficient (Wildman–Crippen LogP) is 2.16. The van der Waals surface area contributed by atoms with Crippen LogP contribution in [0.5, 0.6) is 0 Å². The lowest BCUT2D eigenvalue weighted by Crippen LogP contribution is -2.49. The molecule has 4 amide bonds. The number of hydrogen-bond donors (Lipinski definition) is 0. The summed E-state index contributed by atoms with van der Waals surface area (Å²) >= 11 is 1.70. The number of hydrogen-bond acceptors (Lipinski definition) is 5. The first-order chi connectivity index (χ1) is 15.1. The SMILES string of the molecule is O=C(C1Cc2ccccc2N1C(=O)CCN1C(=O)c2ccccc2C1=O)N1CCSC1. The van der Waals surface area contributed by atoms with Crippen molar-refractivity contribution in [3.8, 4) is 0 Å². The number of anilines is 1. The fourth-order valence-corrected chi connectivity index (χ4v) is 5.42. The molecule has 1 saturated heterocycles. The Hall–Kier alpha value is -3.13. The van der Waals surface area contributed by atoms with Gasteiger partial charge in [-0.3, -0.25) is 29.0 Å². The highest BCUT2D eigenvalue weighted by Crippen LogP contribution is 2.34. The number of nitrogens with zero attached hydrogens (tertiary/aromatic N) is 3. The van der Waals surface area contributed by atoms with Crippen molar-refractivity contribution in [3.05, 3.63) is 65.2 Å². The quantitative estimate of drug-likeness (QED) is 0.688. The fourth-order valence-electron chi connectivity index (χ4n) is 4.46. The zero-order chi connectivity index (χ0) is 21.5. The highest BCUT2D eigenvalue weighted by Gasteiger charge is 2.41. The topological polar surface area (TPSA) is 78.0 Å². The van der Waals surface area contributed by atoms with E-state index in [0.29, 0.717) is 30.0 Å². The van der Waals surface area contributed by atoms with E-state index in [2.05, 4.69) is 0 Å². The van der Waals surface area contributed by atoms with E-state index in [1.54, 1.807) is 45.8 Å². The van der Waals surface area contributed by atoms with E-state index in [1.165, 1.54) is 0 Å². The minimum absolute atomic E-state index is 0.00960. The minimum atomic E-state index is -0.578. The Morgan fingerprint density at radius 1 is 0.968 bits per heavy atom. The molecule has 2 aromatic rings. The first-order valence-electron chi connectivity index (χ1n) is 10.3. The summed E-state index contributed by atoms with van der Waals surface area (Å²) < 4.78 is 0. The summed E-state index contributed by atoms with van der Waals surface area (Å²) in [5.74, 6) is 0.484. The highest BCUT2D eigenvalue weighted by atomic mass is 32.2. The Bertz CT molecular complexity index is 1060. The maximum Gasteiger partial charge on any atom is 0.261 e. The van der Waals surface area contributed by atoms with Crippen LogP contribution in [0.2, 0.25) is 0 Å². The van der Waals surface area contributed by atoms with Gasteiger partial charge in [0.25, 0.3) is 11.8 Å². The van der Waals surface area contributed by atoms with Gasteiger partial charge in [0.15, 0.2) is 0 Å². The summed E-state index contributed by atoms with van der Waals surface area (Å²) in [7, 11) is 0. The van der Waals surface area contributed by atoms with E-state index < -0.39 is 6.04 Å². The number of amides is 4. The lowest BCUT2D eigenvalue weighted by Gasteiger charge is -2.28. The van der Waals surface area contributed by atoms with E-state index in [0.717, 1.165) is 21.9 Å². The van der Waals surface area contributed by atoms with Crippen molar-refractivity contribution in [2.75, 3.05) is 29.6 Å². The second-order valence-corrected chi connectivity index (χ2v) is 8.88. The van der Waals surface area contributed by atoms with Gasteiger partial charge in [0.1, 0.15) is 6.04 Å². The van der Waals surface area contributed by atoms with Crippen molar-refractivity contribution >= 4 is 41.1 Å². The molecule has 158 valence electrons. The van der Waals surface area contributed by atoms with Crippen LogP contribution in [0.25, 0.3) is 0 Å². The van der Waals surface area contributed by atoms with E-state index in [1.807, 2.05) is 24.3 Å². The average Bonchev–Trinajstić information content (AvgIpc) is 3.50. The standard InChI is InChI=1S/C23H21N3O4S/c27-20(9-10-25-21(28)16-6-2-3-7-17(16)22(25)29)26-18-8-4-1-5-15(18)13-19(26)23(30)24-11-12-31-14-24/h1-8,19H,9-14H2. The van der Waals surface area contributed by atoms with Crippen LogP contribution in [-0.2, 0) is 16.0 Å². The van der Waals surface area contributed by atoms with Crippen LogP contribution in [-0.4, -0.2) is 64.2 Å². The number of thioether (sulfide) groups is 1. The Kier molecular flexibility index (Phi) is 5.02. The molecule has 2 aromatic carbocycles. The van der Waals surface area contributed by atoms with Crippen LogP contribution in [0.15, 0.2) is 48.5 Å². The molecule has 8 heteroatoms. The van der Waals surface area contributed by atoms with E-state index in [-0.39, 0.29) is 36.6 Å². The number of carbonyl (C=O) groups excluding carboxylic acids is 4. The van der Waals surface area contributed by atoms with Gasteiger partial charge in [-0.1, -0.05) is 30.3 Å². The van der Waals surface area contributed by atoms with Crippen LogP contribution in [0, 0.1) is 0 Å². The second-order valence-electron chi connectivity index (χ2n) is 7.81. The molecule has 3 aliphatic heterocycles. The Morgan fingerprint density at radius 3 is 2.32 bits per heavy atom.